The Labute approximate surface area is 181 Å². The second-order valence-electron chi connectivity index (χ2n) is 8.15. The molecule has 1 fully saturated rings. The molecule has 0 unspecified atom stereocenters. The molecule has 1 aliphatic rings. The number of hydrogen-bond donors (Lipinski definition) is 0. The molecule has 0 aliphatic heterocycles. The van der Waals surface area contributed by atoms with Gasteiger partial charge in [0.2, 0.25) is 0 Å². The van der Waals surface area contributed by atoms with Crippen molar-refractivity contribution in [2.45, 2.75) is 65.1 Å². The fourth-order valence-corrected chi connectivity index (χ4v) is 4.53. The summed E-state index contributed by atoms with van der Waals surface area (Å²) in [4.78, 5) is 20.2. The Kier molecular flexibility index (Phi) is 6.09. The predicted octanol–water partition coefficient (Wildman–Crippen LogP) is 6.13. The summed E-state index contributed by atoms with van der Waals surface area (Å²) in [5, 5.41) is 0.671. The Morgan fingerprint density at radius 2 is 2.00 bits per heavy atom. The molecule has 1 aliphatic carbocycles. The summed E-state index contributed by atoms with van der Waals surface area (Å²) in [6.45, 7) is 5.04. The summed E-state index contributed by atoms with van der Waals surface area (Å²) in [6.07, 6.45) is 5.11. The fraction of sp³-hybridized carbons (Fsp3) is 0.417. The molecule has 1 heterocycles. The van der Waals surface area contributed by atoms with Gasteiger partial charge in [0.25, 0.3) is 5.91 Å². The lowest BCUT2D eigenvalue weighted by molar-refractivity contribution is 0.0656. The zero-order valence-corrected chi connectivity index (χ0v) is 18.3. The molecular formula is C24H27ClFN3O. The molecular weight excluding hydrogens is 401 g/mol. The lowest BCUT2D eigenvalue weighted by Crippen LogP contribution is -2.39. The van der Waals surface area contributed by atoms with E-state index < -0.39 is 0 Å². The molecule has 4 nitrogen and oxygen atoms in total. The van der Waals surface area contributed by atoms with E-state index in [1.54, 1.807) is 19.1 Å². The van der Waals surface area contributed by atoms with E-state index >= 15 is 0 Å². The number of benzene rings is 2. The fourth-order valence-electron chi connectivity index (χ4n) is 4.37. The van der Waals surface area contributed by atoms with Crippen LogP contribution in [-0.4, -0.2) is 26.4 Å². The van der Waals surface area contributed by atoms with E-state index in [0.717, 1.165) is 55.5 Å². The van der Waals surface area contributed by atoms with E-state index in [1.165, 1.54) is 6.07 Å². The minimum absolute atomic E-state index is 0.131. The standard InChI is InChI=1S/C24H27ClFN3O/c1-3-12-28-22-14-18(25)10-11-21(22)27-23(28)15-29(19-6-4-5-7-19)24(30)17-9-8-16(2)20(26)13-17/h8-11,13-14,19H,3-7,12,15H2,1-2H3. The van der Waals surface area contributed by atoms with Crippen molar-refractivity contribution in [2.24, 2.45) is 0 Å². The van der Waals surface area contributed by atoms with Crippen LogP contribution in [0.4, 0.5) is 4.39 Å². The molecule has 158 valence electrons. The molecule has 2 aromatic carbocycles. The summed E-state index contributed by atoms with van der Waals surface area (Å²) >= 11 is 6.23. The molecule has 0 atom stereocenters. The molecule has 1 saturated carbocycles. The Morgan fingerprint density at radius 3 is 2.70 bits per heavy atom. The first-order valence-electron chi connectivity index (χ1n) is 10.7. The quantitative estimate of drug-likeness (QED) is 0.474. The highest BCUT2D eigenvalue weighted by Gasteiger charge is 2.29. The van der Waals surface area contributed by atoms with Crippen molar-refractivity contribution in [3.05, 3.63) is 64.2 Å². The first kappa shape index (κ1) is 20.9. The SMILES string of the molecule is CCCn1c(CN(C(=O)c2ccc(C)c(F)c2)C2CCCC2)nc2ccc(Cl)cc21. The molecule has 0 spiro atoms. The molecule has 4 rings (SSSR count). The topological polar surface area (TPSA) is 38.1 Å². The van der Waals surface area contributed by atoms with Gasteiger partial charge in [0, 0.05) is 23.2 Å². The molecule has 6 heteroatoms. The first-order valence-corrected chi connectivity index (χ1v) is 11.1. The van der Waals surface area contributed by atoms with Gasteiger partial charge in [-0.3, -0.25) is 4.79 Å². The number of aryl methyl sites for hydroxylation is 2. The number of fused-ring (bicyclic) bond motifs is 1. The summed E-state index contributed by atoms with van der Waals surface area (Å²) in [5.41, 5.74) is 2.80. The van der Waals surface area contributed by atoms with Gasteiger partial charge in [-0.1, -0.05) is 37.4 Å². The second kappa shape index (κ2) is 8.76. The average Bonchev–Trinajstić information content (AvgIpc) is 3.37. The monoisotopic (exact) mass is 427 g/mol. The lowest BCUT2D eigenvalue weighted by atomic mass is 10.1. The summed E-state index contributed by atoms with van der Waals surface area (Å²) < 4.78 is 16.3. The number of aromatic nitrogens is 2. The smallest absolute Gasteiger partial charge is 0.254 e. The number of rotatable bonds is 6. The summed E-state index contributed by atoms with van der Waals surface area (Å²) in [6, 6.07) is 10.6. The third-order valence-corrected chi connectivity index (χ3v) is 6.23. The van der Waals surface area contributed by atoms with Crippen LogP contribution in [0.2, 0.25) is 5.02 Å². The van der Waals surface area contributed by atoms with Crippen molar-refractivity contribution in [2.75, 3.05) is 0 Å². The lowest BCUT2D eigenvalue weighted by Gasteiger charge is -2.29. The van der Waals surface area contributed by atoms with Gasteiger partial charge in [0.1, 0.15) is 11.6 Å². The number of halogens is 2. The van der Waals surface area contributed by atoms with E-state index in [4.69, 9.17) is 16.6 Å². The second-order valence-corrected chi connectivity index (χ2v) is 8.58. The molecule has 0 saturated heterocycles. The van der Waals surface area contributed by atoms with Crippen LogP contribution in [-0.2, 0) is 13.1 Å². The van der Waals surface area contributed by atoms with Crippen LogP contribution in [0.3, 0.4) is 0 Å². The highest BCUT2D eigenvalue weighted by atomic mass is 35.5. The zero-order chi connectivity index (χ0) is 21.3. The van der Waals surface area contributed by atoms with Gasteiger partial charge in [-0.05, 0) is 62.1 Å². The molecule has 1 amide bonds. The van der Waals surface area contributed by atoms with Gasteiger partial charge in [0.05, 0.1) is 17.6 Å². The number of carbonyl (C=O) groups excluding carboxylic acids is 1. The van der Waals surface area contributed by atoms with Gasteiger partial charge < -0.3 is 9.47 Å². The van der Waals surface area contributed by atoms with Crippen LogP contribution in [0.1, 0.15) is 60.8 Å². The number of imidazole rings is 1. The van der Waals surface area contributed by atoms with Crippen molar-refractivity contribution in [1.82, 2.24) is 14.5 Å². The number of nitrogens with zero attached hydrogens (tertiary/aromatic N) is 3. The minimum Gasteiger partial charge on any atom is -0.328 e. The van der Waals surface area contributed by atoms with E-state index in [-0.39, 0.29) is 17.8 Å². The predicted molar refractivity (Wildman–Crippen MR) is 118 cm³/mol. The molecule has 0 radical (unpaired) electrons. The van der Waals surface area contributed by atoms with Crippen LogP contribution >= 0.6 is 11.6 Å². The van der Waals surface area contributed by atoms with E-state index in [1.807, 2.05) is 23.1 Å². The highest BCUT2D eigenvalue weighted by Crippen LogP contribution is 2.28. The van der Waals surface area contributed by atoms with Gasteiger partial charge in [-0.2, -0.15) is 0 Å². The maximum atomic E-state index is 14.1. The van der Waals surface area contributed by atoms with Crippen LogP contribution in [0.5, 0.6) is 0 Å². The molecule has 30 heavy (non-hydrogen) atoms. The van der Waals surface area contributed by atoms with Gasteiger partial charge >= 0.3 is 0 Å². The Balaban J connectivity index is 1.73. The maximum Gasteiger partial charge on any atom is 0.254 e. The normalized spacial score (nSPS) is 14.5. The number of amides is 1. The van der Waals surface area contributed by atoms with E-state index in [2.05, 4.69) is 11.5 Å². The Hall–Kier alpha value is -2.40. The third kappa shape index (κ3) is 4.08. The van der Waals surface area contributed by atoms with Crippen LogP contribution in [0, 0.1) is 12.7 Å². The third-order valence-electron chi connectivity index (χ3n) is 5.99. The molecule has 3 aromatic rings. The first-order chi connectivity index (χ1) is 14.5. The van der Waals surface area contributed by atoms with Crippen LogP contribution in [0.25, 0.3) is 11.0 Å². The van der Waals surface area contributed by atoms with Gasteiger partial charge in [-0.15, -0.1) is 0 Å². The highest BCUT2D eigenvalue weighted by molar-refractivity contribution is 6.31. The summed E-state index contributed by atoms with van der Waals surface area (Å²) in [7, 11) is 0. The van der Waals surface area contributed by atoms with E-state index in [9.17, 15) is 9.18 Å². The van der Waals surface area contributed by atoms with Crippen molar-refractivity contribution < 1.29 is 9.18 Å². The molecule has 1 aromatic heterocycles. The van der Waals surface area contributed by atoms with Gasteiger partial charge in [0.15, 0.2) is 0 Å². The molecule has 0 N–H and O–H groups in total. The molecule has 0 bridgehead atoms. The van der Waals surface area contributed by atoms with Crippen molar-refractivity contribution in [3.63, 3.8) is 0 Å². The van der Waals surface area contributed by atoms with Crippen molar-refractivity contribution in [3.8, 4) is 0 Å². The van der Waals surface area contributed by atoms with Crippen LogP contribution < -0.4 is 0 Å². The Morgan fingerprint density at radius 1 is 1.23 bits per heavy atom. The number of hydrogen-bond acceptors (Lipinski definition) is 2. The summed E-state index contributed by atoms with van der Waals surface area (Å²) in [5.74, 6) is 0.371. The minimum atomic E-state index is -0.347. The van der Waals surface area contributed by atoms with Crippen LogP contribution in [0.15, 0.2) is 36.4 Å². The van der Waals surface area contributed by atoms with Gasteiger partial charge in [-0.25, -0.2) is 9.37 Å². The number of carbonyl (C=O) groups is 1. The van der Waals surface area contributed by atoms with E-state index in [0.29, 0.717) is 22.7 Å². The zero-order valence-electron chi connectivity index (χ0n) is 17.5. The average molecular weight is 428 g/mol. The Bertz CT molecular complexity index is 1070. The van der Waals surface area contributed by atoms with Crippen molar-refractivity contribution >= 4 is 28.5 Å². The largest absolute Gasteiger partial charge is 0.328 e. The van der Waals surface area contributed by atoms with Crippen molar-refractivity contribution in [1.29, 1.82) is 0 Å². The maximum absolute atomic E-state index is 14.1.